The Kier molecular flexibility index (Phi) is 8.76. The first-order chi connectivity index (χ1) is 16.1. The lowest BCUT2D eigenvalue weighted by molar-refractivity contribution is -0.141. The molecule has 0 aromatic heterocycles. The molecule has 0 saturated heterocycles. The van der Waals surface area contributed by atoms with Gasteiger partial charge in [-0.15, -0.1) is 0 Å². The molecule has 0 unspecified atom stereocenters. The van der Waals surface area contributed by atoms with Crippen LogP contribution in [0, 0.1) is 0 Å². The largest absolute Gasteiger partial charge is 0.350 e. The number of carbonyl (C=O) groups is 2. The number of halogens is 2. The van der Waals surface area contributed by atoms with Gasteiger partial charge in [0.2, 0.25) is 11.8 Å². The van der Waals surface area contributed by atoms with E-state index in [1.807, 2.05) is 81.4 Å². The van der Waals surface area contributed by atoms with Crippen molar-refractivity contribution < 1.29 is 9.59 Å². The lowest BCUT2D eigenvalue weighted by Crippen LogP contribution is -2.54. The van der Waals surface area contributed by atoms with Crippen LogP contribution in [0.5, 0.6) is 0 Å². The molecule has 0 aliphatic heterocycles. The summed E-state index contributed by atoms with van der Waals surface area (Å²) in [5, 5.41) is 3.90. The second-order valence-corrected chi connectivity index (χ2v) is 10.2. The maximum absolute atomic E-state index is 13.7. The van der Waals surface area contributed by atoms with Crippen molar-refractivity contribution in [3.05, 3.63) is 106 Å². The average Bonchev–Trinajstić information content (AvgIpc) is 2.79. The second-order valence-electron chi connectivity index (χ2n) is 9.38. The fourth-order valence-electron chi connectivity index (χ4n) is 3.71. The average molecular weight is 497 g/mol. The molecule has 0 bridgehead atoms. The highest BCUT2D eigenvalue weighted by Gasteiger charge is 2.32. The van der Waals surface area contributed by atoms with Gasteiger partial charge in [-0.3, -0.25) is 9.59 Å². The van der Waals surface area contributed by atoms with E-state index in [-0.39, 0.29) is 18.2 Å². The Hall–Kier alpha value is -2.82. The molecule has 178 valence electrons. The second kappa shape index (κ2) is 11.5. The molecule has 2 amide bonds. The van der Waals surface area contributed by atoms with Crippen molar-refractivity contribution in [3.8, 4) is 0 Å². The van der Waals surface area contributed by atoms with Crippen LogP contribution in [0.1, 0.15) is 37.5 Å². The monoisotopic (exact) mass is 496 g/mol. The van der Waals surface area contributed by atoms with Crippen LogP contribution < -0.4 is 5.32 Å². The molecule has 6 heteroatoms. The maximum atomic E-state index is 13.7. The fourth-order valence-corrected chi connectivity index (χ4v) is 4.03. The predicted molar refractivity (Wildman–Crippen MR) is 139 cm³/mol. The van der Waals surface area contributed by atoms with E-state index in [0.29, 0.717) is 23.0 Å². The molecule has 0 spiro atoms. The van der Waals surface area contributed by atoms with E-state index in [9.17, 15) is 9.59 Å². The van der Waals surface area contributed by atoms with Crippen LogP contribution in [0.25, 0.3) is 0 Å². The first kappa shape index (κ1) is 25.8. The van der Waals surface area contributed by atoms with Gasteiger partial charge in [0, 0.05) is 18.5 Å². The van der Waals surface area contributed by atoms with Gasteiger partial charge in [-0.2, -0.15) is 0 Å². The third-order valence-corrected chi connectivity index (χ3v) is 6.04. The minimum absolute atomic E-state index is 0.109. The zero-order valence-electron chi connectivity index (χ0n) is 19.7. The molecule has 3 rings (SSSR count). The van der Waals surface area contributed by atoms with Gasteiger partial charge in [0.15, 0.2) is 0 Å². The molecular weight excluding hydrogens is 467 g/mol. The van der Waals surface area contributed by atoms with Crippen LogP contribution >= 0.6 is 23.2 Å². The lowest BCUT2D eigenvalue weighted by atomic mass is 10.00. The first-order valence-corrected chi connectivity index (χ1v) is 12.0. The van der Waals surface area contributed by atoms with Crippen molar-refractivity contribution in [3.63, 3.8) is 0 Å². The van der Waals surface area contributed by atoms with E-state index in [2.05, 4.69) is 5.32 Å². The van der Waals surface area contributed by atoms with E-state index in [1.54, 1.807) is 23.1 Å². The predicted octanol–water partition coefficient (Wildman–Crippen LogP) is 6.09. The molecule has 0 fully saturated rings. The van der Waals surface area contributed by atoms with Crippen LogP contribution in [0.3, 0.4) is 0 Å². The van der Waals surface area contributed by atoms with E-state index in [0.717, 1.165) is 16.7 Å². The van der Waals surface area contributed by atoms with Gasteiger partial charge in [-0.05, 0) is 49.6 Å². The van der Waals surface area contributed by atoms with Gasteiger partial charge in [0.05, 0.1) is 16.5 Å². The van der Waals surface area contributed by atoms with Crippen molar-refractivity contribution >= 4 is 35.0 Å². The van der Waals surface area contributed by atoms with Gasteiger partial charge in [-0.25, -0.2) is 0 Å². The number of nitrogens with zero attached hydrogens (tertiary/aromatic N) is 1. The summed E-state index contributed by atoms with van der Waals surface area (Å²) in [5.74, 6) is -0.345. The molecule has 1 N–H and O–H groups in total. The Morgan fingerprint density at radius 3 is 1.97 bits per heavy atom. The third kappa shape index (κ3) is 7.61. The van der Waals surface area contributed by atoms with Crippen LogP contribution in [0.4, 0.5) is 0 Å². The number of carbonyl (C=O) groups excluding carboxylic acids is 2. The molecule has 0 radical (unpaired) electrons. The number of amides is 2. The molecule has 1 atom stereocenters. The molecule has 34 heavy (non-hydrogen) atoms. The van der Waals surface area contributed by atoms with Crippen molar-refractivity contribution in [2.75, 3.05) is 0 Å². The van der Waals surface area contributed by atoms with Crippen LogP contribution in [0.2, 0.25) is 10.0 Å². The Balaban J connectivity index is 1.97. The summed E-state index contributed by atoms with van der Waals surface area (Å²) in [5.41, 5.74) is 2.24. The fraction of sp³-hybridized carbons (Fsp3) is 0.286. The standard InChI is InChI=1S/C28H30Cl2N2O2/c1-28(2,3)31-27(34)25(17-20-10-6-4-7-11-20)32(19-21-12-8-5-9-13-21)26(33)18-22-14-15-23(29)24(30)16-22/h4-16,25H,17-19H2,1-3H3,(H,31,34)/t25-/m0/s1. The summed E-state index contributed by atoms with van der Waals surface area (Å²) in [4.78, 5) is 28.9. The molecule has 0 saturated carbocycles. The summed E-state index contributed by atoms with van der Waals surface area (Å²) in [6.45, 7) is 6.12. The van der Waals surface area contributed by atoms with Crippen molar-refractivity contribution in [1.82, 2.24) is 10.2 Å². The van der Waals surface area contributed by atoms with Crippen LogP contribution in [-0.4, -0.2) is 28.3 Å². The topological polar surface area (TPSA) is 49.4 Å². The Morgan fingerprint density at radius 2 is 1.41 bits per heavy atom. The molecular formula is C28H30Cl2N2O2. The third-order valence-electron chi connectivity index (χ3n) is 5.30. The van der Waals surface area contributed by atoms with Crippen molar-refractivity contribution in [1.29, 1.82) is 0 Å². The highest BCUT2D eigenvalue weighted by atomic mass is 35.5. The Labute approximate surface area is 211 Å². The summed E-state index contributed by atoms with van der Waals surface area (Å²) in [6, 6.07) is 23.9. The van der Waals surface area contributed by atoms with Crippen LogP contribution in [0.15, 0.2) is 78.9 Å². The first-order valence-electron chi connectivity index (χ1n) is 11.3. The van der Waals surface area contributed by atoms with E-state index < -0.39 is 11.6 Å². The number of hydrogen-bond donors (Lipinski definition) is 1. The van der Waals surface area contributed by atoms with E-state index in [1.165, 1.54) is 0 Å². The van der Waals surface area contributed by atoms with E-state index in [4.69, 9.17) is 23.2 Å². The molecule has 0 aliphatic rings. The number of hydrogen-bond acceptors (Lipinski definition) is 2. The highest BCUT2D eigenvalue weighted by Crippen LogP contribution is 2.24. The van der Waals surface area contributed by atoms with Crippen molar-refractivity contribution in [2.45, 2.75) is 51.7 Å². The molecule has 0 aliphatic carbocycles. The number of rotatable bonds is 8. The van der Waals surface area contributed by atoms with Crippen molar-refractivity contribution in [2.24, 2.45) is 0 Å². The number of nitrogens with one attached hydrogen (secondary N) is 1. The summed E-state index contributed by atoms with van der Waals surface area (Å²) in [7, 11) is 0. The SMILES string of the molecule is CC(C)(C)NC(=O)[C@H](Cc1ccccc1)N(Cc1ccccc1)C(=O)Cc1ccc(Cl)c(Cl)c1. The summed E-state index contributed by atoms with van der Waals surface area (Å²) in [6.07, 6.45) is 0.514. The zero-order valence-corrected chi connectivity index (χ0v) is 21.2. The molecule has 3 aromatic rings. The van der Waals surface area contributed by atoms with E-state index >= 15 is 0 Å². The molecule has 3 aromatic carbocycles. The normalized spacial score (nSPS) is 12.1. The van der Waals surface area contributed by atoms with Gasteiger partial charge in [0.1, 0.15) is 6.04 Å². The minimum atomic E-state index is -0.683. The number of benzene rings is 3. The van der Waals surface area contributed by atoms with Gasteiger partial charge in [0.25, 0.3) is 0 Å². The molecule has 4 nitrogen and oxygen atoms in total. The Morgan fingerprint density at radius 1 is 0.824 bits per heavy atom. The van der Waals surface area contributed by atoms with Gasteiger partial charge >= 0.3 is 0 Å². The minimum Gasteiger partial charge on any atom is -0.350 e. The highest BCUT2D eigenvalue weighted by molar-refractivity contribution is 6.42. The summed E-state index contributed by atoms with van der Waals surface area (Å²) >= 11 is 12.2. The van der Waals surface area contributed by atoms with Gasteiger partial charge < -0.3 is 10.2 Å². The lowest BCUT2D eigenvalue weighted by Gasteiger charge is -2.34. The summed E-state index contributed by atoms with van der Waals surface area (Å²) < 4.78 is 0. The van der Waals surface area contributed by atoms with Gasteiger partial charge in [-0.1, -0.05) is 89.9 Å². The van der Waals surface area contributed by atoms with Crippen LogP contribution in [-0.2, 0) is 29.0 Å². The smallest absolute Gasteiger partial charge is 0.243 e. The molecule has 0 heterocycles. The maximum Gasteiger partial charge on any atom is 0.243 e. The zero-order chi connectivity index (χ0) is 24.7. The quantitative estimate of drug-likeness (QED) is 0.410. The Bertz CT molecular complexity index is 1110.